The highest BCUT2D eigenvalue weighted by Crippen LogP contribution is 2.28. The summed E-state index contributed by atoms with van der Waals surface area (Å²) in [6.45, 7) is 12.6. The smallest absolute Gasteiger partial charge is 0.419 e. The molecule has 0 radical (unpaired) electrons. The van der Waals surface area contributed by atoms with Crippen LogP contribution >= 0.6 is 0 Å². The summed E-state index contributed by atoms with van der Waals surface area (Å²) in [5.41, 5.74) is 0.140. The lowest BCUT2D eigenvalue weighted by molar-refractivity contribution is 0.0546. The number of benzene rings is 1. The Hall–Kier alpha value is -3.17. The molecule has 2 heterocycles. The summed E-state index contributed by atoms with van der Waals surface area (Å²) in [5, 5.41) is 0.758. The second-order valence-electron chi connectivity index (χ2n) is 10.7. The molecule has 0 unspecified atom stereocenters. The molecule has 1 aromatic carbocycles. The quantitative estimate of drug-likeness (QED) is 0.248. The number of hydrogen-bond acceptors (Lipinski definition) is 6. The SMILES string of the molecule is COC(=O)c1cc(-c2cc3ccccc3n2C(=O)OC(C)(C)C)c(=O)n(COCC[Si](C)(C)C)c1. The zero-order valence-electron chi connectivity index (χ0n) is 21.5. The first-order valence-electron chi connectivity index (χ1n) is 11.6. The van der Waals surface area contributed by atoms with Crippen LogP contribution < -0.4 is 5.56 Å². The van der Waals surface area contributed by atoms with Gasteiger partial charge in [0, 0.05) is 26.3 Å². The summed E-state index contributed by atoms with van der Waals surface area (Å²) in [6.07, 6.45) is 0.807. The van der Waals surface area contributed by atoms with Gasteiger partial charge in [-0.1, -0.05) is 37.8 Å². The van der Waals surface area contributed by atoms with Gasteiger partial charge in [-0.2, -0.15) is 0 Å². The molecule has 2 aromatic heterocycles. The normalized spacial score (nSPS) is 12.1. The van der Waals surface area contributed by atoms with Crippen LogP contribution in [0, 0.1) is 0 Å². The van der Waals surface area contributed by atoms with Gasteiger partial charge in [-0.3, -0.25) is 9.36 Å². The van der Waals surface area contributed by atoms with Gasteiger partial charge in [0.1, 0.15) is 12.3 Å². The molecule has 0 aliphatic heterocycles. The number of esters is 1. The van der Waals surface area contributed by atoms with Crippen LogP contribution in [0.5, 0.6) is 0 Å². The second kappa shape index (κ2) is 10.2. The fraction of sp³-hybridized carbons (Fsp3) is 0.423. The molecular formula is C26H34N2O6Si. The number of pyridine rings is 1. The van der Waals surface area contributed by atoms with E-state index in [1.807, 2.05) is 18.2 Å². The van der Waals surface area contributed by atoms with E-state index in [2.05, 4.69) is 19.6 Å². The molecule has 0 N–H and O–H groups in total. The average molecular weight is 499 g/mol. The maximum Gasteiger partial charge on any atom is 0.419 e. The Kier molecular flexibility index (Phi) is 7.71. The summed E-state index contributed by atoms with van der Waals surface area (Å²) in [4.78, 5) is 39.2. The standard InChI is InChI=1S/C26H34N2O6Si/c1-26(2,3)34-25(31)28-21-11-9-8-10-18(21)15-22(28)20-14-19(24(30)32-4)16-27(23(20)29)17-33-12-13-35(5,6)7/h8-11,14-16H,12-13,17H2,1-7H3. The Bertz CT molecular complexity index is 1290. The maximum absolute atomic E-state index is 13.5. The zero-order valence-corrected chi connectivity index (χ0v) is 22.5. The molecule has 0 bridgehead atoms. The highest BCUT2D eigenvalue weighted by Gasteiger charge is 2.25. The third-order valence-electron chi connectivity index (χ3n) is 5.30. The van der Waals surface area contributed by atoms with Crippen LogP contribution in [0.2, 0.25) is 25.7 Å². The van der Waals surface area contributed by atoms with E-state index in [1.165, 1.54) is 28.5 Å². The number of aromatic nitrogens is 2. The van der Waals surface area contributed by atoms with Crippen LogP contribution in [0.4, 0.5) is 4.79 Å². The fourth-order valence-corrected chi connectivity index (χ4v) is 4.30. The molecule has 0 aliphatic carbocycles. The van der Waals surface area contributed by atoms with Crippen molar-refractivity contribution in [2.45, 2.75) is 58.8 Å². The largest absolute Gasteiger partial charge is 0.465 e. The minimum absolute atomic E-state index is 0.0200. The molecule has 0 fully saturated rings. The average Bonchev–Trinajstić information content (AvgIpc) is 3.14. The molecule has 8 nitrogen and oxygen atoms in total. The maximum atomic E-state index is 13.5. The van der Waals surface area contributed by atoms with Gasteiger partial charge >= 0.3 is 12.1 Å². The summed E-state index contributed by atoms with van der Waals surface area (Å²) in [5.74, 6) is -0.595. The Labute approximate surface area is 206 Å². The van der Waals surface area contributed by atoms with E-state index in [1.54, 1.807) is 32.9 Å². The fourth-order valence-electron chi connectivity index (χ4n) is 3.54. The Morgan fingerprint density at radius 2 is 1.74 bits per heavy atom. The molecule has 3 rings (SSSR count). The monoisotopic (exact) mass is 498 g/mol. The first-order valence-corrected chi connectivity index (χ1v) is 15.3. The molecule has 0 saturated carbocycles. The molecule has 0 spiro atoms. The lowest BCUT2D eigenvalue weighted by Crippen LogP contribution is -2.29. The van der Waals surface area contributed by atoms with E-state index in [-0.39, 0.29) is 17.9 Å². The number of hydrogen-bond donors (Lipinski definition) is 0. The number of fused-ring (bicyclic) bond motifs is 1. The Balaban J connectivity index is 2.15. The van der Waals surface area contributed by atoms with E-state index in [9.17, 15) is 14.4 Å². The number of carbonyl (C=O) groups excluding carboxylic acids is 2. The first-order chi connectivity index (χ1) is 16.3. The first kappa shape index (κ1) is 26.4. The molecular weight excluding hydrogens is 464 g/mol. The van der Waals surface area contributed by atoms with Gasteiger partial charge in [-0.15, -0.1) is 0 Å². The van der Waals surface area contributed by atoms with Crippen molar-refractivity contribution in [1.29, 1.82) is 0 Å². The van der Waals surface area contributed by atoms with Crippen molar-refractivity contribution in [3.05, 3.63) is 58.5 Å². The highest BCUT2D eigenvalue weighted by molar-refractivity contribution is 6.76. The van der Waals surface area contributed by atoms with Crippen molar-refractivity contribution in [1.82, 2.24) is 9.13 Å². The van der Waals surface area contributed by atoms with Gasteiger partial charge in [0.15, 0.2) is 0 Å². The van der Waals surface area contributed by atoms with E-state index in [4.69, 9.17) is 14.2 Å². The van der Waals surface area contributed by atoms with Crippen molar-refractivity contribution in [3.8, 4) is 11.3 Å². The van der Waals surface area contributed by atoms with Gasteiger partial charge in [-0.05, 0) is 45.0 Å². The number of rotatable bonds is 7. The van der Waals surface area contributed by atoms with Crippen molar-refractivity contribution in [2.24, 2.45) is 0 Å². The molecule has 0 aliphatic rings. The Morgan fingerprint density at radius 3 is 2.37 bits per heavy atom. The van der Waals surface area contributed by atoms with Gasteiger partial charge < -0.3 is 14.2 Å². The van der Waals surface area contributed by atoms with Crippen LogP contribution in [0.25, 0.3) is 22.2 Å². The van der Waals surface area contributed by atoms with Gasteiger partial charge in [0.2, 0.25) is 0 Å². The van der Waals surface area contributed by atoms with E-state index in [0.717, 1.165) is 11.4 Å². The van der Waals surface area contributed by atoms with Crippen LogP contribution in [0.1, 0.15) is 31.1 Å². The molecule has 0 saturated heterocycles. The van der Waals surface area contributed by atoms with E-state index in [0.29, 0.717) is 17.8 Å². The third kappa shape index (κ3) is 6.49. The molecule has 3 aromatic rings. The van der Waals surface area contributed by atoms with Crippen LogP contribution in [0.3, 0.4) is 0 Å². The van der Waals surface area contributed by atoms with Crippen molar-refractivity contribution >= 4 is 31.0 Å². The van der Waals surface area contributed by atoms with E-state index >= 15 is 0 Å². The van der Waals surface area contributed by atoms with Gasteiger partial charge in [0.05, 0.1) is 29.4 Å². The molecule has 0 amide bonds. The lowest BCUT2D eigenvalue weighted by Gasteiger charge is -2.21. The Morgan fingerprint density at radius 1 is 1.06 bits per heavy atom. The predicted molar refractivity (Wildman–Crippen MR) is 139 cm³/mol. The van der Waals surface area contributed by atoms with Gasteiger partial charge in [0.25, 0.3) is 5.56 Å². The van der Waals surface area contributed by atoms with Crippen molar-refractivity contribution < 1.29 is 23.8 Å². The predicted octanol–water partition coefficient (Wildman–Crippen LogP) is 5.35. The van der Waals surface area contributed by atoms with Crippen LogP contribution in [-0.2, 0) is 20.9 Å². The molecule has 188 valence electrons. The number of para-hydroxylation sites is 1. The number of carbonyl (C=O) groups is 2. The minimum Gasteiger partial charge on any atom is -0.465 e. The summed E-state index contributed by atoms with van der Waals surface area (Å²) in [7, 11) is -0.0298. The molecule has 0 atom stereocenters. The van der Waals surface area contributed by atoms with E-state index < -0.39 is 31.3 Å². The lowest BCUT2D eigenvalue weighted by atomic mass is 10.1. The van der Waals surface area contributed by atoms with Crippen LogP contribution in [-0.4, -0.2) is 48.6 Å². The summed E-state index contributed by atoms with van der Waals surface area (Å²) < 4.78 is 19.0. The zero-order chi connectivity index (χ0) is 26.0. The summed E-state index contributed by atoms with van der Waals surface area (Å²) in [6, 6.07) is 11.4. The number of nitrogens with zero attached hydrogens (tertiary/aromatic N) is 2. The second-order valence-corrected chi connectivity index (χ2v) is 16.3. The molecule has 9 heteroatoms. The van der Waals surface area contributed by atoms with Crippen molar-refractivity contribution in [3.63, 3.8) is 0 Å². The number of methoxy groups -OCH3 is 1. The topological polar surface area (TPSA) is 88.8 Å². The van der Waals surface area contributed by atoms with Gasteiger partial charge in [-0.25, -0.2) is 14.2 Å². The van der Waals surface area contributed by atoms with Crippen LogP contribution in [0.15, 0.2) is 47.4 Å². The van der Waals surface area contributed by atoms with Crippen molar-refractivity contribution in [2.75, 3.05) is 13.7 Å². The molecule has 35 heavy (non-hydrogen) atoms. The minimum atomic E-state index is -1.31. The summed E-state index contributed by atoms with van der Waals surface area (Å²) >= 11 is 0. The number of ether oxygens (including phenoxy) is 3. The highest BCUT2D eigenvalue weighted by atomic mass is 28.3. The third-order valence-corrected chi connectivity index (χ3v) is 7.00.